The predicted octanol–water partition coefficient (Wildman–Crippen LogP) is 2.68. The summed E-state index contributed by atoms with van der Waals surface area (Å²) < 4.78 is 2.29. The van der Waals surface area contributed by atoms with Crippen molar-refractivity contribution in [2.75, 3.05) is 6.54 Å². The lowest BCUT2D eigenvalue weighted by Gasteiger charge is -2.18. The fourth-order valence-electron chi connectivity index (χ4n) is 4.34. The number of amides is 1. The standard InChI is InChI=1S/C26H23N5O3/c1-30-23-18(25(33)31(2)26(30)34)12-13-22(29-23)24(32)28-14-19(16-8-4-3-5-9-16)20-15-27-21-11-7-6-10-17(20)21/h3-13,15,19,27H,14H2,1-2H3,(H,28,32)/t19-/m1/s1. The van der Waals surface area contributed by atoms with Crippen LogP contribution in [0.25, 0.3) is 21.9 Å². The molecule has 0 fully saturated rings. The van der Waals surface area contributed by atoms with Crippen LogP contribution in [0, 0.1) is 0 Å². The van der Waals surface area contributed by atoms with Crippen LogP contribution in [-0.2, 0) is 14.1 Å². The van der Waals surface area contributed by atoms with Crippen LogP contribution in [0.4, 0.5) is 0 Å². The van der Waals surface area contributed by atoms with Gasteiger partial charge in [0.1, 0.15) is 11.3 Å². The Balaban J connectivity index is 1.48. The summed E-state index contributed by atoms with van der Waals surface area (Å²) in [6, 6.07) is 21.1. The number of nitrogens with one attached hydrogen (secondary N) is 2. The maximum Gasteiger partial charge on any atom is 0.332 e. The van der Waals surface area contributed by atoms with Gasteiger partial charge in [-0.3, -0.25) is 18.7 Å². The van der Waals surface area contributed by atoms with Crippen molar-refractivity contribution in [2.24, 2.45) is 14.1 Å². The van der Waals surface area contributed by atoms with E-state index in [1.165, 1.54) is 30.8 Å². The second kappa shape index (κ2) is 8.47. The van der Waals surface area contributed by atoms with Crippen molar-refractivity contribution < 1.29 is 4.79 Å². The van der Waals surface area contributed by atoms with Crippen LogP contribution >= 0.6 is 0 Å². The van der Waals surface area contributed by atoms with Gasteiger partial charge in [0.2, 0.25) is 0 Å². The molecule has 5 rings (SSSR count). The number of carbonyl (C=O) groups excluding carboxylic acids is 1. The van der Waals surface area contributed by atoms with Crippen molar-refractivity contribution in [2.45, 2.75) is 5.92 Å². The summed E-state index contributed by atoms with van der Waals surface area (Å²) in [5.41, 5.74) is 2.57. The second-order valence-electron chi connectivity index (χ2n) is 8.24. The minimum atomic E-state index is -0.494. The number of hydrogen-bond acceptors (Lipinski definition) is 4. The normalized spacial score (nSPS) is 12.2. The third kappa shape index (κ3) is 3.59. The highest BCUT2D eigenvalue weighted by molar-refractivity contribution is 5.94. The van der Waals surface area contributed by atoms with Crippen molar-refractivity contribution in [3.63, 3.8) is 0 Å². The lowest BCUT2D eigenvalue weighted by Crippen LogP contribution is -2.37. The molecule has 0 saturated heterocycles. The molecule has 2 N–H and O–H groups in total. The summed E-state index contributed by atoms with van der Waals surface area (Å²) in [5, 5.41) is 4.37. The highest BCUT2D eigenvalue weighted by Gasteiger charge is 2.20. The zero-order valence-electron chi connectivity index (χ0n) is 18.8. The van der Waals surface area contributed by atoms with Crippen LogP contribution in [0.2, 0.25) is 0 Å². The first kappa shape index (κ1) is 21.4. The van der Waals surface area contributed by atoms with E-state index in [0.29, 0.717) is 6.54 Å². The Bertz CT molecular complexity index is 1650. The van der Waals surface area contributed by atoms with Crippen LogP contribution in [0.3, 0.4) is 0 Å². The van der Waals surface area contributed by atoms with Gasteiger partial charge in [-0.2, -0.15) is 0 Å². The molecule has 3 heterocycles. The Morgan fingerprint density at radius 2 is 1.68 bits per heavy atom. The number of para-hydroxylation sites is 1. The van der Waals surface area contributed by atoms with Crippen LogP contribution < -0.4 is 16.6 Å². The average molecular weight is 454 g/mol. The minimum absolute atomic E-state index is 0.0848. The summed E-state index contributed by atoms with van der Waals surface area (Å²) in [4.78, 5) is 45.4. The summed E-state index contributed by atoms with van der Waals surface area (Å²) in [7, 11) is 2.94. The van der Waals surface area contributed by atoms with E-state index in [0.717, 1.165) is 26.6 Å². The number of aryl methyl sites for hydroxylation is 1. The molecule has 34 heavy (non-hydrogen) atoms. The molecule has 0 saturated carbocycles. The molecular formula is C26H23N5O3. The van der Waals surface area contributed by atoms with Gasteiger partial charge >= 0.3 is 5.69 Å². The number of aromatic nitrogens is 4. The number of hydrogen-bond donors (Lipinski definition) is 2. The molecule has 1 atom stereocenters. The minimum Gasteiger partial charge on any atom is -0.361 e. The van der Waals surface area contributed by atoms with Crippen molar-refractivity contribution in [3.8, 4) is 0 Å². The highest BCUT2D eigenvalue weighted by atomic mass is 16.2. The Morgan fingerprint density at radius 3 is 2.47 bits per heavy atom. The Kier molecular flexibility index (Phi) is 5.33. The Hall–Kier alpha value is -4.46. The first-order valence-corrected chi connectivity index (χ1v) is 10.9. The number of aromatic amines is 1. The quantitative estimate of drug-likeness (QED) is 0.427. The Labute approximate surface area is 194 Å². The summed E-state index contributed by atoms with van der Waals surface area (Å²) in [5.74, 6) is -0.464. The first-order valence-electron chi connectivity index (χ1n) is 10.9. The largest absolute Gasteiger partial charge is 0.361 e. The van der Waals surface area contributed by atoms with E-state index >= 15 is 0 Å². The number of pyridine rings is 1. The first-order chi connectivity index (χ1) is 16.5. The topological polar surface area (TPSA) is 102 Å². The zero-order chi connectivity index (χ0) is 23.8. The average Bonchev–Trinajstić information content (AvgIpc) is 3.30. The van der Waals surface area contributed by atoms with Crippen molar-refractivity contribution in [1.29, 1.82) is 0 Å². The van der Waals surface area contributed by atoms with E-state index < -0.39 is 11.2 Å². The fourth-order valence-corrected chi connectivity index (χ4v) is 4.34. The molecule has 170 valence electrons. The van der Waals surface area contributed by atoms with Gasteiger partial charge in [0.05, 0.1) is 5.39 Å². The molecule has 0 spiro atoms. The molecule has 3 aromatic heterocycles. The van der Waals surface area contributed by atoms with Gasteiger partial charge in [-0.25, -0.2) is 9.78 Å². The number of benzene rings is 2. The van der Waals surface area contributed by atoms with Crippen LogP contribution in [0.15, 0.2) is 82.5 Å². The van der Waals surface area contributed by atoms with E-state index in [1.807, 2.05) is 54.7 Å². The van der Waals surface area contributed by atoms with Gasteiger partial charge in [0.15, 0.2) is 0 Å². The van der Waals surface area contributed by atoms with Crippen LogP contribution in [0.5, 0.6) is 0 Å². The molecule has 1 amide bonds. The highest BCUT2D eigenvalue weighted by Crippen LogP contribution is 2.30. The van der Waals surface area contributed by atoms with Crippen molar-refractivity contribution >= 4 is 27.8 Å². The van der Waals surface area contributed by atoms with E-state index in [9.17, 15) is 14.4 Å². The van der Waals surface area contributed by atoms with Gasteiger partial charge < -0.3 is 10.3 Å². The molecular weight excluding hydrogens is 430 g/mol. The number of fused-ring (bicyclic) bond motifs is 2. The monoisotopic (exact) mass is 453 g/mol. The van der Waals surface area contributed by atoms with E-state index in [1.54, 1.807) is 0 Å². The predicted molar refractivity (Wildman–Crippen MR) is 131 cm³/mol. The lowest BCUT2D eigenvalue weighted by molar-refractivity contribution is 0.0947. The molecule has 0 aliphatic rings. The molecule has 0 unspecified atom stereocenters. The van der Waals surface area contributed by atoms with Gasteiger partial charge in [-0.15, -0.1) is 0 Å². The summed E-state index contributed by atoms with van der Waals surface area (Å²) in [6.07, 6.45) is 1.98. The number of nitrogens with zero attached hydrogens (tertiary/aromatic N) is 3. The van der Waals surface area contributed by atoms with Gasteiger partial charge in [-0.05, 0) is 29.3 Å². The van der Waals surface area contributed by atoms with Gasteiger partial charge in [-0.1, -0.05) is 48.5 Å². The smallest absolute Gasteiger partial charge is 0.332 e. The van der Waals surface area contributed by atoms with Crippen molar-refractivity contribution in [3.05, 3.63) is 111 Å². The molecule has 0 radical (unpaired) electrons. The SMILES string of the molecule is Cn1c(=O)c2ccc(C(=O)NC[C@H](c3ccccc3)c3c[nH]c4ccccc34)nc2n(C)c1=O. The molecule has 0 bridgehead atoms. The molecule has 0 aliphatic heterocycles. The number of rotatable bonds is 5. The second-order valence-corrected chi connectivity index (χ2v) is 8.24. The molecule has 8 nitrogen and oxygen atoms in total. The van der Waals surface area contributed by atoms with E-state index in [4.69, 9.17) is 0 Å². The maximum absolute atomic E-state index is 13.1. The Morgan fingerprint density at radius 1 is 0.941 bits per heavy atom. The number of carbonyl (C=O) groups is 1. The van der Waals surface area contributed by atoms with E-state index in [-0.39, 0.29) is 28.6 Å². The third-order valence-corrected chi connectivity index (χ3v) is 6.20. The fraction of sp³-hybridized carbons (Fsp3) is 0.154. The maximum atomic E-state index is 13.1. The molecule has 0 aliphatic carbocycles. The van der Waals surface area contributed by atoms with Crippen molar-refractivity contribution in [1.82, 2.24) is 24.4 Å². The zero-order valence-corrected chi connectivity index (χ0v) is 18.8. The third-order valence-electron chi connectivity index (χ3n) is 6.20. The summed E-state index contributed by atoms with van der Waals surface area (Å²) >= 11 is 0. The van der Waals surface area contributed by atoms with E-state index in [2.05, 4.69) is 21.4 Å². The van der Waals surface area contributed by atoms with Crippen LogP contribution in [-0.4, -0.2) is 31.6 Å². The molecule has 5 aromatic rings. The summed E-state index contributed by atoms with van der Waals surface area (Å²) in [6.45, 7) is 0.347. The van der Waals surface area contributed by atoms with Crippen LogP contribution in [0.1, 0.15) is 27.5 Å². The molecule has 8 heteroatoms. The van der Waals surface area contributed by atoms with Gasteiger partial charge in [0, 0.05) is 43.7 Å². The lowest BCUT2D eigenvalue weighted by atomic mass is 9.91. The van der Waals surface area contributed by atoms with Gasteiger partial charge in [0.25, 0.3) is 11.5 Å². The number of H-pyrrole nitrogens is 1. The molecule has 2 aromatic carbocycles.